The molecule has 0 bridgehead atoms. The van der Waals surface area contributed by atoms with E-state index in [-0.39, 0.29) is 11.5 Å². The molecule has 3 rings (SSSR count). The van der Waals surface area contributed by atoms with Gasteiger partial charge in [0.25, 0.3) is 5.56 Å². The predicted octanol–water partition coefficient (Wildman–Crippen LogP) is 2.57. The SMILES string of the molecule is CC(C(=O)Nc1ccc(N(C)C)cc1)n1nc(-c2cccnc2)ccc1=O. The molecule has 138 valence electrons. The first-order valence-corrected chi connectivity index (χ1v) is 8.54. The van der Waals surface area contributed by atoms with Crippen LogP contribution in [-0.4, -0.2) is 34.8 Å². The van der Waals surface area contributed by atoms with Crippen LogP contribution in [0.4, 0.5) is 11.4 Å². The number of pyridine rings is 1. The van der Waals surface area contributed by atoms with Gasteiger partial charge in [-0.1, -0.05) is 0 Å². The lowest BCUT2D eigenvalue weighted by Crippen LogP contribution is -2.33. The fourth-order valence-corrected chi connectivity index (χ4v) is 2.57. The molecule has 0 aliphatic heterocycles. The second-order valence-corrected chi connectivity index (χ2v) is 6.35. The molecule has 1 N–H and O–H groups in total. The Labute approximate surface area is 157 Å². The van der Waals surface area contributed by atoms with Gasteiger partial charge in [0.2, 0.25) is 5.91 Å². The molecule has 0 aliphatic rings. The zero-order valence-electron chi connectivity index (χ0n) is 15.5. The third-order valence-corrected chi connectivity index (χ3v) is 4.18. The second-order valence-electron chi connectivity index (χ2n) is 6.35. The van der Waals surface area contributed by atoms with Crippen LogP contribution in [-0.2, 0) is 4.79 Å². The third kappa shape index (κ3) is 4.20. The Morgan fingerprint density at radius 2 is 1.85 bits per heavy atom. The molecule has 3 aromatic rings. The van der Waals surface area contributed by atoms with E-state index >= 15 is 0 Å². The maximum atomic E-state index is 12.6. The number of aromatic nitrogens is 3. The van der Waals surface area contributed by atoms with Crippen LogP contribution in [0.5, 0.6) is 0 Å². The molecule has 0 fully saturated rings. The molecule has 0 aliphatic carbocycles. The minimum atomic E-state index is -0.761. The van der Waals surface area contributed by atoms with Crippen molar-refractivity contribution < 1.29 is 4.79 Å². The molecule has 2 aromatic heterocycles. The quantitative estimate of drug-likeness (QED) is 0.754. The lowest BCUT2D eigenvalue weighted by molar-refractivity contribution is -0.119. The normalized spacial score (nSPS) is 11.7. The summed E-state index contributed by atoms with van der Waals surface area (Å²) in [6.07, 6.45) is 3.32. The molecule has 7 nitrogen and oxygen atoms in total. The van der Waals surface area contributed by atoms with E-state index in [9.17, 15) is 9.59 Å². The summed E-state index contributed by atoms with van der Waals surface area (Å²) >= 11 is 0. The van der Waals surface area contributed by atoms with Gasteiger partial charge in [-0.15, -0.1) is 0 Å². The van der Waals surface area contributed by atoms with Crippen LogP contribution in [0.1, 0.15) is 13.0 Å². The van der Waals surface area contributed by atoms with E-state index in [2.05, 4.69) is 15.4 Å². The monoisotopic (exact) mass is 363 g/mol. The van der Waals surface area contributed by atoms with E-state index in [0.717, 1.165) is 11.3 Å². The Bertz CT molecular complexity index is 981. The first-order valence-electron chi connectivity index (χ1n) is 8.54. The number of nitrogens with zero attached hydrogens (tertiary/aromatic N) is 4. The van der Waals surface area contributed by atoms with E-state index in [4.69, 9.17) is 0 Å². The number of benzene rings is 1. The fraction of sp³-hybridized carbons (Fsp3) is 0.200. The summed E-state index contributed by atoms with van der Waals surface area (Å²) < 4.78 is 1.19. The van der Waals surface area contributed by atoms with Crippen molar-refractivity contribution in [3.8, 4) is 11.3 Å². The average molecular weight is 363 g/mol. The lowest BCUT2D eigenvalue weighted by Gasteiger charge is -2.16. The maximum absolute atomic E-state index is 12.6. The van der Waals surface area contributed by atoms with Crippen LogP contribution >= 0.6 is 0 Å². The summed E-state index contributed by atoms with van der Waals surface area (Å²) in [6, 6.07) is 13.4. The summed E-state index contributed by atoms with van der Waals surface area (Å²) in [5.41, 5.74) is 2.71. The standard InChI is InChI=1S/C20H21N5O2/c1-14(20(27)22-16-6-8-17(9-7-16)24(2)3)25-19(26)11-10-18(23-25)15-5-4-12-21-13-15/h4-14H,1-3H3,(H,22,27). The van der Waals surface area contributed by atoms with Crippen LogP contribution in [0.2, 0.25) is 0 Å². The highest BCUT2D eigenvalue weighted by molar-refractivity contribution is 5.93. The molecular weight excluding hydrogens is 342 g/mol. The number of nitrogens with one attached hydrogen (secondary N) is 1. The number of hydrogen-bond donors (Lipinski definition) is 1. The van der Waals surface area contributed by atoms with Crippen molar-refractivity contribution in [2.45, 2.75) is 13.0 Å². The highest BCUT2D eigenvalue weighted by Crippen LogP contribution is 2.18. The van der Waals surface area contributed by atoms with Gasteiger partial charge in [-0.25, -0.2) is 4.68 Å². The fourth-order valence-electron chi connectivity index (χ4n) is 2.57. The van der Waals surface area contributed by atoms with Crippen LogP contribution in [0, 0.1) is 0 Å². The van der Waals surface area contributed by atoms with Crippen molar-refractivity contribution in [1.29, 1.82) is 0 Å². The van der Waals surface area contributed by atoms with E-state index in [1.165, 1.54) is 10.7 Å². The Morgan fingerprint density at radius 3 is 2.48 bits per heavy atom. The van der Waals surface area contributed by atoms with E-state index in [1.54, 1.807) is 31.5 Å². The molecule has 1 aromatic carbocycles. The summed E-state index contributed by atoms with van der Waals surface area (Å²) in [4.78, 5) is 30.9. The highest BCUT2D eigenvalue weighted by Gasteiger charge is 2.18. The second kappa shape index (κ2) is 7.82. The van der Waals surface area contributed by atoms with Crippen molar-refractivity contribution in [2.75, 3.05) is 24.3 Å². The van der Waals surface area contributed by atoms with Gasteiger partial charge in [0.05, 0.1) is 5.69 Å². The van der Waals surface area contributed by atoms with E-state index in [1.807, 2.05) is 49.3 Å². The molecular formula is C20H21N5O2. The Morgan fingerprint density at radius 1 is 1.11 bits per heavy atom. The van der Waals surface area contributed by atoms with Crippen LogP contribution in [0.15, 0.2) is 65.7 Å². The number of carbonyl (C=O) groups is 1. The van der Waals surface area contributed by atoms with Gasteiger partial charge in [0.15, 0.2) is 0 Å². The van der Waals surface area contributed by atoms with Gasteiger partial charge >= 0.3 is 0 Å². The molecule has 27 heavy (non-hydrogen) atoms. The lowest BCUT2D eigenvalue weighted by atomic mass is 10.2. The minimum Gasteiger partial charge on any atom is -0.378 e. The van der Waals surface area contributed by atoms with Gasteiger partial charge < -0.3 is 10.2 Å². The van der Waals surface area contributed by atoms with Crippen LogP contribution in [0.3, 0.4) is 0 Å². The van der Waals surface area contributed by atoms with Crippen LogP contribution in [0.25, 0.3) is 11.3 Å². The Balaban J connectivity index is 1.81. The number of amides is 1. The molecule has 1 amide bonds. The molecule has 1 atom stereocenters. The first-order chi connectivity index (χ1) is 13.0. The summed E-state index contributed by atoms with van der Waals surface area (Å²) in [6.45, 7) is 1.64. The molecule has 0 saturated heterocycles. The van der Waals surface area contributed by atoms with Gasteiger partial charge in [-0.2, -0.15) is 5.10 Å². The summed E-state index contributed by atoms with van der Waals surface area (Å²) in [7, 11) is 3.89. The Kier molecular flexibility index (Phi) is 5.30. The number of hydrogen-bond acceptors (Lipinski definition) is 5. The zero-order chi connectivity index (χ0) is 19.4. The van der Waals surface area contributed by atoms with Gasteiger partial charge in [-0.05, 0) is 49.4 Å². The minimum absolute atomic E-state index is 0.314. The Hall–Kier alpha value is -3.48. The largest absolute Gasteiger partial charge is 0.378 e. The molecule has 2 heterocycles. The van der Waals surface area contributed by atoms with Crippen molar-refractivity contribution in [3.05, 3.63) is 71.3 Å². The highest BCUT2D eigenvalue weighted by atomic mass is 16.2. The number of anilines is 2. The first kappa shape index (κ1) is 18.3. The smallest absolute Gasteiger partial charge is 0.267 e. The van der Waals surface area contributed by atoms with E-state index < -0.39 is 6.04 Å². The topological polar surface area (TPSA) is 80.1 Å². The third-order valence-electron chi connectivity index (χ3n) is 4.18. The summed E-state index contributed by atoms with van der Waals surface area (Å²) in [5.74, 6) is -0.314. The molecule has 0 saturated carbocycles. The zero-order valence-corrected chi connectivity index (χ0v) is 15.5. The molecule has 0 spiro atoms. The van der Waals surface area contributed by atoms with Crippen molar-refractivity contribution in [3.63, 3.8) is 0 Å². The molecule has 7 heteroatoms. The maximum Gasteiger partial charge on any atom is 0.267 e. The average Bonchev–Trinajstić information content (AvgIpc) is 2.69. The molecule has 0 radical (unpaired) electrons. The van der Waals surface area contributed by atoms with Gasteiger partial charge in [0, 0.05) is 49.5 Å². The predicted molar refractivity (Wildman–Crippen MR) is 106 cm³/mol. The number of rotatable bonds is 5. The molecule has 1 unspecified atom stereocenters. The van der Waals surface area contributed by atoms with E-state index in [0.29, 0.717) is 11.4 Å². The van der Waals surface area contributed by atoms with Crippen molar-refractivity contribution >= 4 is 17.3 Å². The summed E-state index contributed by atoms with van der Waals surface area (Å²) in [5, 5.41) is 7.16. The van der Waals surface area contributed by atoms with Crippen molar-refractivity contribution in [2.24, 2.45) is 0 Å². The van der Waals surface area contributed by atoms with Crippen molar-refractivity contribution in [1.82, 2.24) is 14.8 Å². The van der Waals surface area contributed by atoms with Crippen LogP contribution < -0.4 is 15.8 Å². The van der Waals surface area contributed by atoms with Gasteiger partial charge in [-0.3, -0.25) is 14.6 Å². The number of carbonyl (C=O) groups excluding carboxylic acids is 1. The van der Waals surface area contributed by atoms with Gasteiger partial charge in [0.1, 0.15) is 6.04 Å².